The molecule has 8 heteroatoms. The maximum Gasteiger partial charge on any atom is 0.412 e. The molecule has 3 atom stereocenters. The maximum absolute atomic E-state index is 13.2. The standard InChI is InChI=1S/C28H41NO7/c1-20(2)17-23-24(18-22(26(30)31)13-10-16-34-25-14-8-9-15-33-25)36-28(3,4)29(23)27(32)35-19-21-11-6-5-7-12-21/h5-7,11-12,18,20,23-25H,8-10,13-17,19H2,1-4H3,(H,30,31). The molecule has 2 fully saturated rings. The Morgan fingerprint density at radius 2 is 1.97 bits per heavy atom. The molecule has 200 valence electrons. The fraction of sp³-hybridized carbons (Fsp3) is 0.643. The minimum atomic E-state index is -0.987. The number of carbonyl (C=O) groups is 2. The van der Waals surface area contributed by atoms with Gasteiger partial charge >= 0.3 is 12.1 Å². The summed E-state index contributed by atoms with van der Waals surface area (Å²) in [7, 11) is 0. The van der Waals surface area contributed by atoms with Crippen LogP contribution in [-0.2, 0) is 30.3 Å². The van der Waals surface area contributed by atoms with E-state index in [0.717, 1.165) is 24.8 Å². The molecular weight excluding hydrogens is 462 g/mol. The number of carboxylic acids is 1. The summed E-state index contributed by atoms with van der Waals surface area (Å²) in [4.78, 5) is 26.9. The number of rotatable bonds is 11. The Morgan fingerprint density at radius 3 is 2.61 bits per heavy atom. The van der Waals surface area contributed by atoms with Crippen molar-refractivity contribution in [1.29, 1.82) is 0 Å². The van der Waals surface area contributed by atoms with Crippen molar-refractivity contribution in [3.63, 3.8) is 0 Å². The van der Waals surface area contributed by atoms with Crippen LogP contribution in [0.5, 0.6) is 0 Å². The number of hydrogen-bond donors (Lipinski definition) is 1. The van der Waals surface area contributed by atoms with E-state index >= 15 is 0 Å². The number of ether oxygens (including phenoxy) is 4. The van der Waals surface area contributed by atoms with E-state index in [4.69, 9.17) is 18.9 Å². The summed E-state index contributed by atoms with van der Waals surface area (Å²) >= 11 is 0. The molecular formula is C28H41NO7. The van der Waals surface area contributed by atoms with Crippen LogP contribution >= 0.6 is 0 Å². The molecule has 8 nitrogen and oxygen atoms in total. The summed E-state index contributed by atoms with van der Waals surface area (Å²) in [6.45, 7) is 9.07. The zero-order valence-corrected chi connectivity index (χ0v) is 22.0. The van der Waals surface area contributed by atoms with Crippen molar-refractivity contribution in [2.24, 2.45) is 5.92 Å². The van der Waals surface area contributed by atoms with Crippen molar-refractivity contribution < 1.29 is 33.6 Å². The minimum Gasteiger partial charge on any atom is -0.478 e. The molecule has 2 aliphatic heterocycles. The van der Waals surface area contributed by atoms with Crippen molar-refractivity contribution in [1.82, 2.24) is 4.90 Å². The van der Waals surface area contributed by atoms with Gasteiger partial charge in [0.25, 0.3) is 0 Å². The van der Waals surface area contributed by atoms with Gasteiger partial charge < -0.3 is 24.1 Å². The van der Waals surface area contributed by atoms with Gasteiger partial charge in [-0.05, 0) is 69.9 Å². The minimum absolute atomic E-state index is 0.159. The number of carboxylic acid groups (broad SMARTS) is 1. The summed E-state index contributed by atoms with van der Waals surface area (Å²) in [5.41, 5.74) is 0.214. The van der Waals surface area contributed by atoms with Gasteiger partial charge in [0.2, 0.25) is 0 Å². The molecule has 2 heterocycles. The Kier molecular flexibility index (Phi) is 10.3. The lowest BCUT2D eigenvalue weighted by Gasteiger charge is -2.33. The van der Waals surface area contributed by atoms with E-state index in [-0.39, 0.29) is 30.4 Å². The molecule has 1 aromatic carbocycles. The SMILES string of the molecule is CC(C)CC1C(C=C(CCCOC2CCCCO2)C(=O)O)OC(C)(C)N1C(=O)OCc1ccccc1. The van der Waals surface area contributed by atoms with E-state index in [2.05, 4.69) is 13.8 Å². The second kappa shape index (κ2) is 13.2. The molecule has 0 aliphatic carbocycles. The first-order valence-electron chi connectivity index (χ1n) is 13.0. The quantitative estimate of drug-likeness (QED) is 0.314. The van der Waals surface area contributed by atoms with Gasteiger partial charge in [-0.2, -0.15) is 0 Å². The predicted octanol–water partition coefficient (Wildman–Crippen LogP) is 5.51. The topological polar surface area (TPSA) is 94.5 Å². The fourth-order valence-corrected chi connectivity index (χ4v) is 4.81. The second-order valence-electron chi connectivity index (χ2n) is 10.4. The Morgan fingerprint density at radius 1 is 1.22 bits per heavy atom. The van der Waals surface area contributed by atoms with E-state index in [1.54, 1.807) is 11.0 Å². The zero-order chi connectivity index (χ0) is 26.1. The molecule has 0 saturated carbocycles. The van der Waals surface area contributed by atoms with E-state index in [1.165, 1.54) is 0 Å². The Hall–Kier alpha value is -2.42. The van der Waals surface area contributed by atoms with Gasteiger partial charge in [0.15, 0.2) is 6.29 Å². The molecule has 3 unspecified atom stereocenters. The molecule has 0 spiro atoms. The monoisotopic (exact) mass is 503 g/mol. The van der Waals surface area contributed by atoms with Crippen molar-refractivity contribution in [3.8, 4) is 0 Å². The van der Waals surface area contributed by atoms with Gasteiger partial charge in [0, 0.05) is 12.2 Å². The second-order valence-corrected chi connectivity index (χ2v) is 10.4. The van der Waals surface area contributed by atoms with Crippen LogP contribution in [0.3, 0.4) is 0 Å². The summed E-state index contributed by atoms with van der Waals surface area (Å²) in [5.74, 6) is -0.719. The number of hydrogen-bond acceptors (Lipinski definition) is 6. The molecule has 2 aliphatic rings. The third kappa shape index (κ3) is 8.05. The molecule has 1 amide bonds. The molecule has 1 aromatic rings. The number of nitrogens with zero attached hydrogens (tertiary/aromatic N) is 1. The highest BCUT2D eigenvalue weighted by Crippen LogP contribution is 2.37. The Balaban J connectivity index is 1.68. The smallest absolute Gasteiger partial charge is 0.412 e. The molecule has 1 N–H and O–H groups in total. The molecule has 0 radical (unpaired) electrons. The van der Waals surface area contributed by atoms with Gasteiger partial charge in [-0.1, -0.05) is 44.2 Å². The van der Waals surface area contributed by atoms with Crippen molar-refractivity contribution in [3.05, 3.63) is 47.5 Å². The van der Waals surface area contributed by atoms with E-state index in [9.17, 15) is 14.7 Å². The molecule has 2 saturated heterocycles. The van der Waals surface area contributed by atoms with Crippen LogP contribution in [0, 0.1) is 5.92 Å². The molecule has 0 aromatic heterocycles. The summed E-state index contributed by atoms with van der Waals surface area (Å²) < 4.78 is 23.2. The van der Waals surface area contributed by atoms with E-state index in [0.29, 0.717) is 32.5 Å². The van der Waals surface area contributed by atoms with Crippen molar-refractivity contribution >= 4 is 12.1 Å². The normalized spacial score (nSPS) is 24.2. The third-order valence-corrected chi connectivity index (χ3v) is 6.50. The Labute approximate surface area is 214 Å². The number of benzene rings is 1. The summed E-state index contributed by atoms with van der Waals surface area (Å²) in [6, 6.07) is 9.17. The molecule has 3 rings (SSSR count). The average Bonchev–Trinajstić information content (AvgIpc) is 3.08. The van der Waals surface area contributed by atoms with Gasteiger partial charge in [-0.15, -0.1) is 0 Å². The van der Waals surface area contributed by atoms with Gasteiger partial charge in [0.05, 0.1) is 18.8 Å². The van der Waals surface area contributed by atoms with Crippen LogP contribution in [0.4, 0.5) is 4.79 Å². The number of carbonyl (C=O) groups excluding carboxylic acids is 1. The van der Waals surface area contributed by atoms with Crippen LogP contribution in [0.15, 0.2) is 42.0 Å². The number of aliphatic carboxylic acids is 1. The van der Waals surface area contributed by atoms with E-state index in [1.807, 2.05) is 44.2 Å². The predicted molar refractivity (Wildman–Crippen MR) is 135 cm³/mol. The first-order chi connectivity index (χ1) is 17.2. The highest BCUT2D eigenvalue weighted by atomic mass is 16.7. The Bertz CT molecular complexity index is 877. The van der Waals surface area contributed by atoms with Crippen molar-refractivity contribution in [2.45, 2.75) is 97.0 Å². The van der Waals surface area contributed by atoms with Crippen LogP contribution < -0.4 is 0 Å². The van der Waals surface area contributed by atoms with Gasteiger partial charge in [-0.25, -0.2) is 9.59 Å². The zero-order valence-electron chi connectivity index (χ0n) is 22.0. The molecule has 0 bridgehead atoms. The largest absolute Gasteiger partial charge is 0.478 e. The maximum atomic E-state index is 13.2. The first-order valence-corrected chi connectivity index (χ1v) is 13.0. The molecule has 36 heavy (non-hydrogen) atoms. The van der Waals surface area contributed by atoms with Crippen LogP contribution in [0.2, 0.25) is 0 Å². The van der Waals surface area contributed by atoms with Crippen molar-refractivity contribution in [2.75, 3.05) is 13.2 Å². The van der Waals surface area contributed by atoms with Gasteiger partial charge in [0.1, 0.15) is 12.3 Å². The fourth-order valence-electron chi connectivity index (χ4n) is 4.81. The summed E-state index contributed by atoms with van der Waals surface area (Å²) in [6.07, 6.45) is 5.02. The first kappa shape index (κ1) is 28.2. The van der Waals surface area contributed by atoms with Gasteiger partial charge in [-0.3, -0.25) is 4.90 Å². The third-order valence-electron chi connectivity index (χ3n) is 6.50. The average molecular weight is 504 g/mol. The van der Waals surface area contributed by atoms with Crippen LogP contribution in [0.1, 0.15) is 71.8 Å². The van der Waals surface area contributed by atoms with Crippen LogP contribution in [0.25, 0.3) is 0 Å². The lowest BCUT2D eigenvalue weighted by atomic mass is 9.96. The van der Waals surface area contributed by atoms with E-state index < -0.39 is 23.9 Å². The lowest BCUT2D eigenvalue weighted by molar-refractivity contribution is -0.162. The number of amides is 1. The summed E-state index contributed by atoms with van der Waals surface area (Å²) in [5, 5.41) is 9.87. The lowest BCUT2D eigenvalue weighted by Crippen LogP contribution is -2.48. The highest BCUT2D eigenvalue weighted by molar-refractivity contribution is 5.86. The highest BCUT2D eigenvalue weighted by Gasteiger charge is 2.50. The van der Waals surface area contributed by atoms with Crippen LogP contribution in [-0.4, -0.2) is 59.4 Å².